The lowest BCUT2D eigenvalue weighted by Gasteiger charge is -1.98. The lowest BCUT2D eigenvalue weighted by molar-refractivity contribution is 1.24. The van der Waals surface area contributed by atoms with E-state index in [1.807, 2.05) is 0 Å². The van der Waals surface area contributed by atoms with Crippen molar-refractivity contribution in [2.24, 2.45) is 0 Å². The van der Waals surface area contributed by atoms with E-state index in [1.54, 1.807) is 12.3 Å². The smallest absolute Gasteiger partial charge is 0.257 e. The minimum absolute atomic E-state index is 0.187. The van der Waals surface area contributed by atoms with Crippen molar-refractivity contribution < 1.29 is 0 Å². The van der Waals surface area contributed by atoms with Gasteiger partial charge in [0.25, 0.3) is 5.56 Å². The standard InChI is InChI=1S/C8H4BrClN2O/c9-6-3-12-8(13)5-1-4(10)2-11-7(5)6/h1-3H,(H,12,13). The number of rotatable bonds is 0. The molecule has 0 spiro atoms. The number of pyridine rings is 2. The van der Waals surface area contributed by atoms with Crippen molar-refractivity contribution in [3.8, 4) is 0 Å². The normalized spacial score (nSPS) is 10.6. The van der Waals surface area contributed by atoms with Crippen molar-refractivity contribution in [2.75, 3.05) is 0 Å². The first-order valence-corrected chi connectivity index (χ1v) is 4.68. The van der Waals surface area contributed by atoms with E-state index in [2.05, 4.69) is 25.9 Å². The van der Waals surface area contributed by atoms with Crippen LogP contribution in [0.2, 0.25) is 5.02 Å². The molecule has 0 atom stereocenters. The summed E-state index contributed by atoms with van der Waals surface area (Å²) in [7, 11) is 0. The first-order chi connectivity index (χ1) is 6.18. The first kappa shape index (κ1) is 8.72. The zero-order chi connectivity index (χ0) is 9.42. The molecule has 2 rings (SSSR count). The molecule has 2 aromatic heterocycles. The lowest BCUT2D eigenvalue weighted by Crippen LogP contribution is -2.05. The molecule has 0 unspecified atom stereocenters. The maximum absolute atomic E-state index is 11.3. The van der Waals surface area contributed by atoms with Crippen LogP contribution in [0, 0.1) is 0 Å². The van der Waals surface area contributed by atoms with Gasteiger partial charge >= 0.3 is 0 Å². The molecule has 1 N–H and O–H groups in total. The Bertz CT molecular complexity index is 523. The van der Waals surface area contributed by atoms with Gasteiger partial charge in [-0.25, -0.2) is 0 Å². The Morgan fingerprint density at radius 3 is 3.08 bits per heavy atom. The maximum Gasteiger partial charge on any atom is 0.257 e. The topological polar surface area (TPSA) is 45.8 Å². The molecule has 5 heteroatoms. The summed E-state index contributed by atoms with van der Waals surface area (Å²) < 4.78 is 0.749. The fraction of sp³-hybridized carbons (Fsp3) is 0. The summed E-state index contributed by atoms with van der Waals surface area (Å²) in [6, 6.07) is 1.59. The molecule has 2 heterocycles. The van der Waals surface area contributed by atoms with Crippen LogP contribution in [0.15, 0.2) is 27.7 Å². The van der Waals surface area contributed by atoms with Crippen molar-refractivity contribution in [3.05, 3.63) is 38.3 Å². The average Bonchev–Trinajstić information content (AvgIpc) is 2.12. The molecule has 0 amide bonds. The lowest BCUT2D eigenvalue weighted by atomic mass is 10.3. The Morgan fingerprint density at radius 2 is 2.31 bits per heavy atom. The highest BCUT2D eigenvalue weighted by Gasteiger charge is 2.03. The van der Waals surface area contributed by atoms with E-state index in [0.717, 1.165) is 4.47 Å². The van der Waals surface area contributed by atoms with E-state index in [9.17, 15) is 4.79 Å². The van der Waals surface area contributed by atoms with Crippen LogP contribution in [0.4, 0.5) is 0 Å². The van der Waals surface area contributed by atoms with Crippen LogP contribution in [-0.4, -0.2) is 9.97 Å². The molecule has 66 valence electrons. The molecule has 0 radical (unpaired) electrons. The van der Waals surface area contributed by atoms with E-state index in [1.165, 1.54) is 6.20 Å². The van der Waals surface area contributed by atoms with Crippen LogP contribution < -0.4 is 5.56 Å². The van der Waals surface area contributed by atoms with Crippen LogP contribution in [0.1, 0.15) is 0 Å². The van der Waals surface area contributed by atoms with Crippen molar-refractivity contribution >= 4 is 38.4 Å². The number of hydrogen-bond acceptors (Lipinski definition) is 2. The van der Waals surface area contributed by atoms with Crippen LogP contribution in [0.5, 0.6) is 0 Å². The van der Waals surface area contributed by atoms with Crippen LogP contribution in [0.3, 0.4) is 0 Å². The molecule has 0 aromatic carbocycles. The van der Waals surface area contributed by atoms with Crippen molar-refractivity contribution in [3.63, 3.8) is 0 Å². The molecule has 0 saturated heterocycles. The third-order valence-electron chi connectivity index (χ3n) is 1.66. The third-order valence-corrected chi connectivity index (χ3v) is 2.47. The van der Waals surface area contributed by atoms with Crippen LogP contribution in [-0.2, 0) is 0 Å². The van der Waals surface area contributed by atoms with Crippen molar-refractivity contribution in [1.82, 2.24) is 9.97 Å². The quantitative estimate of drug-likeness (QED) is 0.789. The number of H-pyrrole nitrogens is 1. The highest BCUT2D eigenvalue weighted by molar-refractivity contribution is 9.10. The Hall–Kier alpha value is -0.870. The summed E-state index contributed by atoms with van der Waals surface area (Å²) in [5.41, 5.74) is 0.432. The van der Waals surface area contributed by atoms with Gasteiger partial charge in [0.1, 0.15) is 0 Å². The second-order valence-electron chi connectivity index (χ2n) is 2.52. The Labute approximate surface area is 86.9 Å². The van der Waals surface area contributed by atoms with Gasteiger partial charge in [0.2, 0.25) is 0 Å². The molecular weight excluding hydrogens is 255 g/mol. The highest BCUT2D eigenvalue weighted by Crippen LogP contribution is 2.19. The highest BCUT2D eigenvalue weighted by atomic mass is 79.9. The van der Waals surface area contributed by atoms with Gasteiger partial charge in [-0.1, -0.05) is 11.6 Å². The summed E-state index contributed by atoms with van der Waals surface area (Å²) in [5.74, 6) is 0. The minimum atomic E-state index is -0.187. The van der Waals surface area contributed by atoms with E-state index < -0.39 is 0 Å². The zero-order valence-electron chi connectivity index (χ0n) is 6.34. The van der Waals surface area contributed by atoms with Gasteiger partial charge < -0.3 is 4.98 Å². The number of fused-ring (bicyclic) bond motifs is 1. The largest absolute Gasteiger partial charge is 0.327 e. The van der Waals surface area contributed by atoms with E-state index in [4.69, 9.17) is 11.6 Å². The minimum Gasteiger partial charge on any atom is -0.327 e. The predicted molar refractivity (Wildman–Crippen MR) is 55.1 cm³/mol. The fourth-order valence-electron chi connectivity index (χ4n) is 1.08. The first-order valence-electron chi connectivity index (χ1n) is 3.51. The summed E-state index contributed by atoms with van der Waals surface area (Å²) in [6.07, 6.45) is 3.07. The van der Waals surface area contributed by atoms with E-state index >= 15 is 0 Å². The molecule has 13 heavy (non-hydrogen) atoms. The second-order valence-corrected chi connectivity index (χ2v) is 3.81. The molecular formula is C8H4BrClN2O. The number of aromatic nitrogens is 2. The average molecular weight is 259 g/mol. The van der Waals surface area contributed by atoms with Gasteiger partial charge in [0.15, 0.2) is 0 Å². The number of hydrogen-bond donors (Lipinski definition) is 1. The number of aromatic amines is 1. The molecule has 3 nitrogen and oxygen atoms in total. The third kappa shape index (κ3) is 1.47. The van der Waals surface area contributed by atoms with Gasteiger partial charge in [0.05, 0.1) is 20.4 Å². The van der Waals surface area contributed by atoms with E-state index in [-0.39, 0.29) is 5.56 Å². The molecule has 2 aromatic rings. The number of halogens is 2. The Morgan fingerprint density at radius 1 is 1.54 bits per heavy atom. The predicted octanol–water partition coefficient (Wildman–Crippen LogP) is 2.34. The summed E-state index contributed by atoms with van der Waals surface area (Å²) in [6.45, 7) is 0. The molecule has 0 aliphatic heterocycles. The van der Waals surface area contributed by atoms with E-state index in [0.29, 0.717) is 15.9 Å². The summed E-state index contributed by atoms with van der Waals surface area (Å²) in [5, 5.41) is 0.943. The number of nitrogens with zero attached hydrogens (tertiary/aromatic N) is 1. The van der Waals surface area contributed by atoms with Crippen molar-refractivity contribution in [1.29, 1.82) is 0 Å². The van der Waals surface area contributed by atoms with Gasteiger partial charge in [0, 0.05) is 12.4 Å². The Kier molecular flexibility index (Phi) is 2.09. The summed E-state index contributed by atoms with van der Waals surface area (Å²) >= 11 is 8.99. The summed E-state index contributed by atoms with van der Waals surface area (Å²) in [4.78, 5) is 17.9. The fourth-order valence-corrected chi connectivity index (χ4v) is 1.67. The maximum atomic E-state index is 11.3. The zero-order valence-corrected chi connectivity index (χ0v) is 8.69. The van der Waals surface area contributed by atoms with Gasteiger partial charge in [-0.05, 0) is 22.0 Å². The molecule has 0 bridgehead atoms. The van der Waals surface area contributed by atoms with Gasteiger partial charge in [-0.15, -0.1) is 0 Å². The second kappa shape index (κ2) is 3.12. The SMILES string of the molecule is O=c1[nH]cc(Br)c2ncc(Cl)cc12. The van der Waals surface area contributed by atoms with Gasteiger partial charge in [-0.2, -0.15) is 0 Å². The number of nitrogens with one attached hydrogen (secondary N) is 1. The monoisotopic (exact) mass is 258 g/mol. The molecule has 0 fully saturated rings. The Balaban J connectivity index is 3.01. The molecule has 0 aliphatic carbocycles. The van der Waals surface area contributed by atoms with Crippen LogP contribution in [0.25, 0.3) is 10.9 Å². The molecule has 0 aliphatic rings. The molecule has 0 saturated carbocycles. The van der Waals surface area contributed by atoms with Crippen LogP contribution >= 0.6 is 27.5 Å². The van der Waals surface area contributed by atoms with Crippen molar-refractivity contribution in [2.45, 2.75) is 0 Å². The van der Waals surface area contributed by atoms with Gasteiger partial charge in [-0.3, -0.25) is 9.78 Å².